The third-order valence-corrected chi connectivity index (χ3v) is 6.55. The van der Waals surface area contributed by atoms with Crippen LogP contribution in [0.25, 0.3) is 34.2 Å². The van der Waals surface area contributed by atoms with E-state index in [0.717, 1.165) is 16.7 Å². The third kappa shape index (κ3) is 6.89. The summed E-state index contributed by atoms with van der Waals surface area (Å²) < 4.78 is 5.92. The average Bonchev–Trinajstić information content (AvgIpc) is 2.93. The van der Waals surface area contributed by atoms with Gasteiger partial charge in [0.25, 0.3) is 0 Å². The molecule has 7 heteroatoms. The Bertz CT molecular complexity index is 1640. The Hall–Kier alpha value is -3.89. The van der Waals surface area contributed by atoms with Gasteiger partial charge in [0.05, 0.1) is 11.4 Å². The Kier molecular flexibility index (Phi) is 8.74. The Morgan fingerprint density at radius 1 is 0.707 bits per heavy atom. The van der Waals surface area contributed by atoms with E-state index in [2.05, 4.69) is 58.7 Å². The number of hydrogen-bond acceptors (Lipinski definition) is 6. The summed E-state index contributed by atoms with van der Waals surface area (Å²) in [5.41, 5.74) is 3.54. The molecule has 1 N–H and O–H groups in total. The fraction of sp³-hybridized carbons (Fsp3) is 0.235. The van der Waals surface area contributed by atoms with Crippen LogP contribution in [-0.2, 0) is 31.9 Å². The van der Waals surface area contributed by atoms with Crippen molar-refractivity contribution in [2.24, 2.45) is 0 Å². The van der Waals surface area contributed by atoms with Gasteiger partial charge in [-0.15, -0.1) is 23.8 Å². The standard InChI is InChI=1S/C34H33N4O2.Pt/c1-33(2,3)24-20-26(29(39)27(21-24)34(4,5)6)32-37-30(22-13-8-7-9-14-22)36-31(38-32)23-15-12-16-25(19-23)40-28-17-10-11-18-35-28;/h7-18,20-21,39H,1-6H3;/q-1;. The molecule has 2 aromatic heterocycles. The summed E-state index contributed by atoms with van der Waals surface area (Å²) in [6.45, 7) is 12.8. The predicted molar refractivity (Wildman–Crippen MR) is 158 cm³/mol. The SMILES string of the molecule is CC(C)(C)c1cc(-c2nc(-c3[c-]c(Oc4ccccn4)ccc3)nc(-c3ccccc3)n2)c(O)c(C(C)(C)C)c1.[Pt]. The van der Waals surface area contributed by atoms with E-state index < -0.39 is 0 Å². The molecule has 0 amide bonds. The van der Waals surface area contributed by atoms with Crippen LogP contribution in [0.4, 0.5) is 0 Å². The van der Waals surface area contributed by atoms with Crippen molar-refractivity contribution in [3.63, 3.8) is 0 Å². The van der Waals surface area contributed by atoms with Gasteiger partial charge in [0.15, 0.2) is 11.6 Å². The molecule has 0 aliphatic rings. The van der Waals surface area contributed by atoms with E-state index in [1.54, 1.807) is 12.3 Å². The van der Waals surface area contributed by atoms with Gasteiger partial charge < -0.3 is 9.84 Å². The maximum absolute atomic E-state index is 11.6. The predicted octanol–water partition coefficient (Wildman–Crippen LogP) is 8.16. The molecule has 2 heterocycles. The molecule has 0 bridgehead atoms. The number of rotatable bonds is 5. The Balaban J connectivity index is 0.00000387. The van der Waals surface area contributed by atoms with Gasteiger partial charge in [-0.2, -0.15) is 0 Å². The van der Waals surface area contributed by atoms with Gasteiger partial charge in [0.2, 0.25) is 5.88 Å². The Morgan fingerprint density at radius 3 is 2.05 bits per heavy atom. The first-order valence-electron chi connectivity index (χ1n) is 13.3. The first kappa shape index (κ1) is 30.1. The molecule has 0 saturated carbocycles. The van der Waals surface area contributed by atoms with Crippen LogP contribution in [0.5, 0.6) is 17.4 Å². The number of pyridine rings is 1. The second-order valence-electron chi connectivity index (χ2n) is 11.8. The summed E-state index contributed by atoms with van der Waals surface area (Å²) in [5.74, 6) is 2.45. The van der Waals surface area contributed by atoms with Crippen LogP contribution in [0.15, 0.2) is 85.1 Å². The van der Waals surface area contributed by atoms with Gasteiger partial charge >= 0.3 is 0 Å². The number of hydrogen-bond donors (Lipinski definition) is 1. The van der Waals surface area contributed by atoms with Crippen molar-refractivity contribution in [1.82, 2.24) is 19.9 Å². The molecule has 6 nitrogen and oxygen atoms in total. The molecule has 0 atom stereocenters. The maximum Gasteiger partial charge on any atom is 0.217 e. The van der Waals surface area contributed by atoms with Crippen LogP contribution in [-0.4, -0.2) is 25.0 Å². The molecule has 0 aliphatic carbocycles. The summed E-state index contributed by atoms with van der Waals surface area (Å²) in [4.78, 5) is 18.8. The number of benzene rings is 3. The molecule has 0 spiro atoms. The van der Waals surface area contributed by atoms with E-state index in [1.165, 1.54) is 0 Å². The first-order valence-corrected chi connectivity index (χ1v) is 13.3. The van der Waals surface area contributed by atoms with Gasteiger partial charge in [-0.1, -0.05) is 90.1 Å². The molecule has 41 heavy (non-hydrogen) atoms. The molecule has 3 aromatic carbocycles. The van der Waals surface area contributed by atoms with Gasteiger partial charge in [-0.3, -0.25) is 9.97 Å². The van der Waals surface area contributed by atoms with E-state index in [0.29, 0.717) is 40.2 Å². The van der Waals surface area contributed by atoms with E-state index in [4.69, 9.17) is 19.7 Å². The number of aromatic nitrogens is 4. The van der Waals surface area contributed by atoms with Crippen molar-refractivity contribution in [3.8, 4) is 51.5 Å². The molecule has 5 rings (SSSR count). The van der Waals surface area contributed by atoms with Gasteiger partial charge in [0.1, 0.15) is 5.75 Å². The van der Waals surface area contributed by atoms with Crippen molar-refractivity contribution < 1.29 is 30.9 Å². The van der Waals surface area contributed by atoms with Gasteiger partial charge in [-0.25, -0.2) is 9.97 Å². The Labute approximate surface area is 256 Å². The van der Waals surface area contributed by atoms with E-state index >= 15 is 0 Å². The zero-order chi connectivity index (χ0) is 28.5. The minimum Gasteiger partial charge on any atom is -0.507 e. The zero-order valence-electron chi connectivity index (χ0n) is 24.0. The van der Waals surface area contributed by atoms with Crippen molar-refractivity contribution in [1.29, 1.82) is 0 Å². The summed E-state index contributed by atoms with van der Waals surface area (Å²) in [7, 11) is 0. The summed E-state index contributed by atoms with van der Waals surface area (Å²) in [5, 5.41) is 11.6. The van der Waals surface area contributed by atoms with Crippen LogP contribution in [0.1, 0.15) is 52.7 Å². The maximum atomic E-state index is 11.6. The normalized spacial score (nSPS) is 11.6. The van der Waals surface area contributed by atoms with Crippen LogP contribution in [0.3, 0.4) is 0 Å². The van der Waals surface area contributed by atoms with Crippen LogP contribution in [0.2, 0.25) is 0 Å². The largest absolute Gasteiger partial charge is 0.507 e. The van der Waals surface area contributed by atoms with E-state index in [1.807, 2.05) is 66.7 Å². The van der Waals surface area contributed by atoms with Crippen LogP contribution < -0.4 is 4.74 Å². The molecule has 0 unspecified atom stereocenters. The topological polar surface area (TPSA) is 81.0 Å². The second kappa shape index (κ2) is 11.9. The quantitative estimate of drug-likeness (QED) is 0.184. The molecular formula is C34H33N4O2Pt-. The Morgan fingerprint density at radius 2 is 1.39 bits per heavy atom. The van der Waals surface area contributed by atoms with Gasteiger partial charge in [0, 0.05) is 50.2 Å². The van der Waals surface area contributed by atoms with Gasteiger partial charge in [-0.05, 0) is 28.5 Å². The van der Waals surface area contributed by atoms with Crippen LogP contribution in [0, 0.1) is 6.07 Å². The molecule has 212 valence electrons. The third-order valence-electron chi connectivity index (χ3n) is 6.55. The minimum atomic E-state index is -0.289. The molecule has 0 aliphatic heterocycles. The molecule has 0 fully saturated rings. The number of phenolic OH excluding ortho intramolecular Hbond substituents is 1. The van der Waals surface area contributed by atoms with Crippen molar-refractivity contribution in [2.45, 2.75) is 52.4 Å². The molecular weight excluding hydrogens is 691 g/mol. The fourth-order valence-corrected chi connectivity index (χ4v) is 4.30. The number of phenols is 1. The number of nitrogens with zero attached hydrogens (tertiary/aromatic N) is 4. The fourth-order valence-electron chi connectivity index (χ4n) is 4.30. The number of aromatic hydroxyl groups is 1. The summed E-state index contributed by atoms with van der Waals surface area (Å²) in [6, 6.07) is 28.1. The molecule has 0 radical (unpaired) electrons. The number of ether oxygens (including phenoxy) is 1. The monoisotopic (exact) mass is 724 g/mol. The second-order valence-corrected chi connectivity index (χ2v) is 11.8. The van der Waals surface area contributed by atoms with Crippen molar-refractivity contribution >= 4 is 0 Å². The van der Waals surface area contributed by atoms with E-state index in [-0.39, 0.29) is 37.6 Å². The van der Waals surface area contributed by atoms with Crippen LogP contribution >= 0.6 is 0 Å². The summed E-state index contributed by atoms with van der Waals surface area (Å²) in [6.07, 6.45) is 1.67. The van der Waals surface area contributed by atoms with Crippen molar-refractivity contribution in [3.05, 3.63) is 102 Å². The van der Waals surface area contributed by atoms with E-state index in [9.17, 15) is 5.11 Å². The zero-order valence-corrected chi connectivity index (χ0v) is 26.3. The first-order chi connectivity index (χ1) is 19.0. The molecule has 0 saturated heterocycles. The molecule has 5 aromatic rings. The average molecular weight is 725 g/mol. The summed E-state index contributed by atoms with van der Waals surface area (Å²) >= 11 is 0. The van der Waals surface area contributed by atoms with Crippen molar-refractivity contribution in [2.75, 3.05) is 0 Å². The minimum absolute atomic E-state index is 0. The smallest absolute Gasteiger partial charge is 0.217 e.